The molecule has 1 saturated carbocycles. The van der Waals surface area contributed by atoms with Crippen LogP contribution in [0.2, 0.25) is 0 Å². The van der Waals surface area contributed by atoms with Gasteiger partial charge in [-0.25, -0.2) is 4.98 Å². The van der Waals surface area contributed by atoms with Crippen molar-refractivity contribution in [1.29, 1.82) is 0 Å². The summed E-state index contributed by atoms with van der Waals surface area (Å²) in [6.45, 7) is 3.22. The lowest BCUT2D eigenvalue weighted by atomic mass is 9.89. The number of benzene rings is 1. The summed E-state index contributed by atoms with van der Waals surface area (Å²) < 4.78 is 0. The Labute approximate surface area is 148 Å². The fraction of sp³-hybridized carbons (Fsp3) is 0.579. The number of nitrogens with one attached hydrogen (secondary N) is 1. The Balaban J connectivity index is 1.61. The second kappa shape index (κ2) is 7.70. The number of H-pyrrole nitrogens is 1. The molecule has 1 aliphatic rings. The van der Waals surface area contributed by atoms with Gasteiger partial charge in [0.25, 0.3) is 5.56 Å². The van der Waals surface area contributed by atoms with Gasteiger partial charge in [0.05, 0.1) is 16.7 Å². The fourth-order valence-corrected chi connectivity index (χ4v) is 4.75. The molecule has 1 fully saturated rings. The fourth-order valence-electron chi connectivity index (χ4n) is 3.61. The zero-order valence-electron chi connectivity index (χ0n) is 14.8. The molecular weight excluding hydrogens is 318 g/mol. The van der Waals surface area contributed by atoms with Gasteiger partial charge >= 0.3 is 0 Å². The van der Waals surface area contributed by atoms with E-state index in [0.29, 0.717) is 10.6 Å². The average molecular weight is 346 g/mol. The molecule has 0 amide bonds. The summed E-state index contributed by atoms with van der Waals surface area (Å²) in [5.74, 6) is 2.45. The van der Waals surface area contributed by atoms with Crippen molar-refractivity contribution in [3.63, 3.8) is 0 Å². The van der Waals surface area contributed by atoms with Crippen molar-refractivity contribution in [2.75, 3.05) is 20.6 Å². The highest BCUT2D eigenvalue weighted by Crippen LogP contribution is 2.33. The van der Waals surface area contributed by atoms with Gasteiger partial charge in [0, 0.05) is 11.8 Å². The topological polar surface area (TPSA) is 49.0 Å². The van der Waals surface area contributed by atoms with Crippen molar-refractivity contribution in [3.05, 3.63) is 39.9 Å². The van der Waals surface area contributed by atoms with Gasteiger partial charge in [-0.05, 0) is 64.3 Å². The third-order valence-corrected chi connectivity index (χ3v) is 6.24. The number of hydrogen-bond acceptors (Lipinski definition) is 4. The molecule has 0 atom stereocenters. The maximum absolute atomic E-state index is 12.2. The van der Waals surface area contributed by atoms with Gasteiger partial charge in [0.15, 0.2) is 0 Å². The van der Waals surface area contributed by atoms with Gasteiger partial charge in [-0.15, -0.1) is 0 Å². The number of fused-ring (bicyclic) bond motifs is 1. The lowest BCUT2D eigenvalue weighted by molar-refractivity contribution is 0.267. The van der Waals surface area contributed by atoms with Crippen LogP contribution in [0.25, 0.3) is 10.9 Å². The number of aromatic amines is 1. The van der Waals surface area contributed by atoms with Gasteiger partial charge in [-0.1, -0.05) is 12.1 Å². The second-order valence-electron chi connectivity index (χ2n) is 7.20. The summed E-state index contributed by atoms with van der Waals surface area (Å²) in [6, 6.07) is 5.77. The van der Waals surface area contributed by atoms with Gasteiger partial charge in [0.2, 0.25) is 0 Å². The molecule has 0 unspecified atom stereocenters. The van der Waals surface area contributed by atoms with Crippen molar-refractivity contribution in [3.8, 4) is 0 Å². The van der Waals surface area contributed by atoms with Gasteiger partial charge < -0.3 is 9.88 Å². The molecule has 2 aromatic rings. The first-order valence-electron chi connectivity index (χ1n) is 8.78. The summed E-state index contributed by atoms with van der Waals surface area (Å²) in [5, 5.41) is 1.38. The summed E-state index contributed by atoms with van der Waals surface area (Å²) >= 11 is 1.95. The predicted octanol–water partition coefficient (Wildman–Crippen LogP) is 3.59. The van der Waals surface area contributed by atoms with Crippen LogP contribution >= 0.6 is 11.8 Å². The van der Waals surface area contributed by atoms with Crippen molar-refractivity contribution in [2.45, 2.75) is 43.6 Å². The van der Waals surface area contributed by atoms with Crippen LogP contribution in [0.4, 0.5) is 0 Å². The zero-order valence-corrected chi connectivity index (χ0v) is 15.7. The van der Waals surface area contributed by atoms with Crippen molar-refractivity contribution in [2.24, 2.45) is 5.92 Å². The van der Waals surface area contributed by atoms with Crippen LogP contribution in [-0.4, -0.2) is 40.8 Å². The summed E-state index contributed by atoms with van der Waals surface area (Å²) in [4.78, 5) is 22.2. The largest absolute Gasteiger partial charge is 0.309 e. The van der Waals surface area contributed by atoms with Crippen LogP contribution in [0.3, 0.4) is 0 Å². The predicted molar refractivity (Wildman–Crippen MR) is 103 cm³/mol. The van der Waals surface area contributed by atoms with E-state index in [-0.39, 0.29) is 5.56 Å². The monoisotopic (exact) mass is 345 g/mol. The molecule has 1 aliphatic carbocycles. The second-order valence-corrected chi connectivity index (χ2v) is 8.49. The van der Waals surface area contributed by atoms with Crippen LogP contribution in [-0.2, 0) is 5.75 Å². The van der Waals surface area contributed by atoms with Gasteiger partial charge in [-0.2, -0.15) is 11.8 Å². The van der Waals surface area contributed by atoms with Crippen LogP contribution in [0, 0.1) is 12.8 Å². The number of hydrogen-bond donors (Lipinski definition) is 1. The van der Waals surface area contributed by atoms with E-state index in [1.54, 1.807) is 0 Å². The quantitative estimate of drug-likeness (QED) is 0.900. The average Bonchev–Trinajstić information content (AvgIpc) is 2.55. The first kappa shape index (κ1) is 17.5. The number of aromatic nitrogens is 2. The normalized spacial score (nSPS) is 21.5. The molecule has 1 heterocycles. The number of rotatable bonds is 5. The first-order chi connectivity index (χ1) is 11.5. The molecule has 24 heavy (non-hydrogen) atoms. The number of aryl methyl sites for hydroxylation is 1. The first-order valence-corrected chi connectivity index (χ1v) is 9.82. The molecule has 5 heteroatoms. The third kappa shape index (κ3) is 4.19. The molecule has 0 bridgehead atoms. The van der Waals surface area contributed by atoms with Crippen LogP contribution in [0.5, 0.6) is 0 Å². The molecule has 0 aliphatic heterocycles. The molecule has 0 spiro atoms. The maximum atomic E-state index is 12.2. The van der Waals surface area contributed by atoms with E-state index in [4.69, 9.17) is 4.98 Å². The van der Waals surface area contributed by atoms with E-state index in [9.17, 15) is 4.79 Å². The number of para-hydroxylation sites is 1. The molecule has 4 nitrogen and oxygen atoms in total. The summed E-state index contributed by atoms with van der Waals surface area (Å²) in [5.41, 5.74) is 1.88. The maximum Gasteiger partial charge on any atom is 0.258 e. The minimum absolute atomic E-state index is 0.0195. The highest BCUT2D eigenvalue weighted by molar-refractivity contribution is 7.99. The Morgan fingerprint density at radius 1 is 1.25 bits per heavy atom. The Hall–Kier alpha value is -1.33. The minimum atomic E-state index is -0.0195. The SMILES string of the molecule is Cc1cccc2c(=O)[nH]c(CS[C@H]3CC[C@H](CN(C)C)CC3)nc12. The standard InChI is InChI=1S/C19H27N3OS/c1-13-5-4-6-16-18(13)20-17(21-19(16)23)12-24-15-9-7-14(8-10-15)11-22(2)3/h4-6,14-15H,7-12H2,1-3H3,(H,20,21,23)/t14-,15-. The molecule has 1 N–H and O–H groups in total. The highest BCUT2D eigenvalue weighted by atomic mass is 32.2. The van der Waals surface area contributed by atoms with E-state index >= 15 is 0 Å². The molecule has 3 rings (SSSR count). The Morgan fingerprint density at radius 2 is 2.00 bits per heavy atom. The molecule has 130 valence electrons. The van der Waals surface area contributed by atoms with Crippen LogP contribution < -0.4 is 5.56 Å². The molecule has 1 aromatic heterocycles. The van der Waals surface area contributed by atoms with Gasteiger partial charge in [-0.3, -0.25) is 4.79 Å². The van der Waals surface area contributed by atoms with E-state index < -0.39 is 0 Å². The zero-order chi connectivity index (χ0) is 17.1. The molecule has 0 saturated heterocycles. The molecule has 1 aromatic carbocycles. The number of thioether (sulfide) groups is 1. The lowest BCUT2D eigenvalue weighted by Gasteiger charge is -2.29. The van der Waals surface area contributed by atoms with Crippen molar-refractivity contribution in [1.82, 2.24) is 14.9 Å². The third-order valence-electron chi connectivity index (χ3n) is 4.86. The molecular formula is C19H27N3OS. The van der Waals surface area contributed by atoms with Gasteiger partial charge in [0.1, 0.15) is 5.82 Å². The Bertz CT molecular complexity index is 748. The smallest absolute Gasteiger partial charge is 0.258 e. The van der Waals surface area contributed by atoms with E-state index in [1.165, 1.54) is 32.2 Å². The lowest BCUT2D eigenvalue weighted by Crippen LogP contribution is -2.26. The number of nitrogens with zero attached hydrogens (tertiary/aromatic N) is 2. The minimum Gasteiger partial charge on any atom is -0.309 e. The van der Waals surface area contributed by atoms with Crippen molar-refractivity contribution < 1.29 is 0 Å². The van der Waals surface area contributed by atoms with E-state index in [2.05, 4.69) is 24.0 Å². The highest BCUT2D eigenvalue weighted by Gasteiger charge is 2.22. The van der Waals surface area contributed by atoms with E-state index in [0.717, 1.165) is 28.6 Å². The van der Waals surface area contributed by atoms with E-state index in [1.807, 2.05) is 36.9 Å². The van der Waals surface area contributed by atoms with Crippen molar-refractivity contribution >= 4 is 22.7 Å². The van der Waals surface area contributed by atoms with Crippen LogP contribution in [0.1, 0.15) is 37.1 Å². The Morgan fingerprint density at radius 3 is 2.71 bits per heavy atom. The summed E-state index contributed by atoms with van der Waals surface area (Å²) in [6.07, 6.45) is 5.19. The van der Waals surface area contributed by atoms with Crippen LogP contribution in [0.15, 0.2) is 23.0 Å². The summed E-state index contributed by atoms with van der Waals surface area (Å²) in [7, 11) is 4.31. The molecule has 0 radical (unpaired) electrons. The Kier molecular flexibility index (Phi) is 5.61.